The van der Waals surface area contributed by atoms with Crippen LogP contribution >= 0.6 is 34.8 Å². The average Bonchev–Trinajstić information content (AvgIpc) is 3.63. The number of hydrazine groups is 1. The molecule has 9 rings (SSSR count). The number of hydrogen-bond acceptors (Lipinski definition) is 9. The number of nitrogens with zero attached hydrogens (tertiary/aromatic N) is 3. The highest BCUT2D eigenvalue weighted by Gasteiger charge is 2.70. The Morgan fingerprint density at radius 3 is 2.19 bits per heavy atom. The van der Waals surface area contributed by atoms with Crippen LogP contribution in [0.2, 0.25) is 15.1 Å². The van der Waals surface area contributed by atoms with Gasteiger partial charge in [-0.25, -0.2) is 4.98 Å². The van der Waals surface area contributed by atoms with Gasteiger partial charge in [0.25, 0.3) is 11.8 Å². The van der Waals surface area contributed by atoms with E-state index in [9.17, 15) is 27.9 Å². The zero-order valence-electron chi connectivity index (χ0n) is 32.3. The number of rotatable bonds is 8. The molecule has 4 aromatic carbocycles. The van der Waals surface area contributed by atoms with E-state index in [4.69, 9.17) is 39.5 Å². The summed E-state index contributed by atoms with van der Waals surface area (Å²) in [5.41, 5.74) is 2.81. The number of anilines is 4. The summed E-state index contributed by atoms with van der Waals surface area (Å²) in [6.45, 7) is 0. The van der Waals surface area contributed by atoms with Crippen LogP contribution in [-0.4, -0.2) is 45.8 Å². The number of carbonyl (C=O) groups excluding carboxylic acids is 4. The number of benzene rings is 4. The van der Waals surface area contributed by atoms with E-state index in [1.54, 1.807) is 48.5 Å². The van der Waals surface area contributed by atoms with Gasteiger partial charge < -0.3 is 15.2 Å². The number of carbonyl (C=O) groups is 4. The maximum absolute atomic E-state index is 15.5. The summed E-state index contributed by atoms with van der Waals surface area (Å²) < 4.78 is 46.2. The SMILES string of the molecule is COc1cc([C@H]2C3=CC[C@@H]4C(=O)N(c5ccc(Nc6ccccc6)cc5)C(=O)[C@@H]4[C@@H]3C[C@H]3C(=O)N(Nc4ncc(C(F)(F)F)cc4Cl)C(=O)[C@@]23c2ccc(Cl)cc2)cc(Cl)c1O. The largest absolute Gasteiger partial charge is 0.503 e. The molecule has 2 aliphatic carbocycles. The van der Waals surface area contributed by atoms with Crippen molar-refractivity contribution in [2.75, 3.05) is 22.8 Å². The van der Waals surface area contributed by atoms with E-state index in [1.807, 2.05) is 36.4 Å². The third-order valence-corrected chi connectivity index (χ3v) is 13.2. The van der Waals surface area contributed by atoms with E-state index in [0.717, 1.165) is 11.4 Å². The van der Waals surface area contributed by atoms with Crippen molar-refractivity contribution in [1.29, 1.82) is 0 Å². The maximum Gasteiger partial charge on any atom is 0.417 e. The molecule has 4 aliphatic rings. The van der Waals surface area contributed by atoms with Gasteiger partial charge in [0.1, 0.15) is 0 Å². The first kappa shape index (κ1) is 41.3. The summed E-state index contributed by atoms with van der Waals surface area (Å²) in [7, 11) is 1.32. The summed E-state index contributed by atoms with van der Waals surface area (Å²) in [4.78, 5) is 64.6. The number of hydrogen-bond donors (Lipinski definition) is 3. The number of phenols is 1. The number of methoxy groups -OCH3 is 1. The van der Waals surface area contributed by atoms with E-state index >= 15 is 9.59 Å². The normalized spacial score (nSPS) is 24.4. The Balaban J connectivity index is 1.17. The fraction of sp³-hybridized carbons (Fsp3) is 0.222. The van der Waals surface area contributed by atoms with Crippen molar-refractivity contribution >= 4 is 81.3 Å². The van der Waals surface area contributed by atoms with Crippen LogP contribution in [0.4, 0.5) is 36.1 Å². The van der Waals surface area contributed by atoms with Crippen LogP contribution in [0.15, 0.2) is 115 Å². The average molecular weight is 903 g/mol. The predicted molar refractivity (Wildman–Crippen MR) is 225 cm³/mol. The van der Waals surface area contributed by atoms with Gasteiger partial charge in [-0.2, -0.15) is 18.2 Å². The number of imide groups is 2. The van der Waals surface area contributed by atoms with Crippen molar-refractivity contribution in [1.82, 2.24) is 9.99 Å². The van der Waals surface area contributed by atoms with Gasteiger partial charge in [-0.1, -0.05) is 76.8 Å². The zero-order chi connectivity index (χ0) is 43.8. The summed E-state index contributed by atoms with van der Waals surface area (Å²) >= 11 is 19.3. The van der Waals surface area contributed by atoms with Crippen molar-refractivity contribution in [3.63, 3.8) is 0 Å². The Morgan fingerprint density at radius 2 is 1.53 bits per heavy atom. The number of fused-ring (bicyclic) bond motifs is 4. The van der Waals surface area contributed by atoms with Gasteiger partial charge in [0.2, 0.25) is 11.8 Å². The number of aromatic hydroxyl groups is 1. The monoisotopic (exact) mass is 901 g/mol. The minimum absolute atomic E-state index is 0.0392. The number of aromatic nitrogens is 1. The molecule has 3 N–H and O–H groups in total. The minimum atomic E-state index is -4.78. The van der Waals surface area contributed by atoms with Crippen molar-refractivity contribution < 1.29 is 42.2 Å². The summed E-state index contributed by atoms with van der Waals surface area (Å²) in [6.07, 6.45) is -2.40. The number of halogens is 6. The van der Waals surface area contributed by atoms with E-state index < -0.39 is 81.2 Å². The molecule has 1 saturated carbocycles. The molecule has 4 amide bonds. The standard InChI is InChI=1S/C45H33Cl3F3N5O6/c1-62-35-18-22(17-33(47)38(35)57)37-29-15-16-30-36(42(60)55(40(30)58)28-13-11-27(12-14-28)53-26-5-3-2-4-6-26)31(29)20-32-41(59)56(43(61)44(32,37)23-7-9-25(46)10-8-23)54-39-34(48)19-24(21-52-39)45(49,50)51/h2-15,17-19,21,30-32,36-37,53,57H,16,20H2,1H3,(H,52,54)/t30-,31+,32-,36-,37-,44+/m0/s1. The number of ether oxygens (including phenoxy) is 1. The van der Waals surface area contributed by atoms with Gasteiger partial charge in [0, 0.05) is 28.5 Å². The quantitative estimate of drug-likeness (QED) is 0.103. The van der Waals surface area contributed by atoms with Crippen LogP contribution in [0.1, 0.15) is 35.4 Å². The van der Waals surface area contributed by atoms with Crippen molar-refractivity contribution in [2.45, 2.75) is 30.4 Å². The van der Waals surface area contributed by atoms with Gasteiger partial charge in [-0.3, -0.25) is 29.5 Å². The number of pyridine rings is 1. The third kappa shape index (κ3) is 6.54. The van der Waals surface area contributed by atoms with Crippen LogP contribution < -0.4 is 20.4 Å². The minimum Gasteiger partial charge on any atom is -0.503 e. The molecule has 0 radical (unpaired) electrons. The van der Waals surface area contributed by atoms with Gasteiger partial charge in [-0.15, -0.1) is 0 Å². The van der Waals surface area contributed by atoms with Crippen LogP contribution in [0.25, 0.3) is 0 Å². The second-order valence-electron chi connectivity index (χ2n) is 15.5. The molecule has 3 fully saturated rings. The van der Waals surface area contributed by atoms with Crippen LogP contribution in [0.5, 0.6) is 11.5 Å². The zero-order valence-corrected chi connectivity index (χ0v) is 34.6. The number of alkyl halides is 3. The van der Waals surface area contributed by atoms with E-state index in [0.29, 0.717) is 44.7 Å². The third-order valence-electron chi connectivity index (χ3n) is 12.3. The Labute approximate surface area is 367 Å². The fourth-order valence-electron chi connectivity index (χ4n) is 9.71. The molecule has 17 heteroatoms. The molecule has 0 spiro atoms. The lowest BCUT2D eigenvalue weighted by Crippen LogP contribution is -2.53. The molecule has 316 valence electrons. The first-order valence-electron chi connectivity index (χ1n) is 19.3. The Bertz CT molecular complexity index is 2700. The van der Waals surface area contributed by atoms with Crippen molar-refractivity contribution in [3.05, 3.63) is 147 Å². The number of allylic oxidation sites excluding steroid dienone is 2. The fourth-order valence-corrected chi connectivity index (χ4v) is 10.3. The second kappa shape index (κ2) is 15.4. The van der Waals surface area contributed by atoms with Crippen LogP contribution in [-0.2, 0) is 30.8 Å². The van der Waals surface area contributed by atoms with E-state index in [2.05, 4.69) is 15.7 Å². The second-order valence-corrected chi connectivity index (χ2v) is 16.8. The topological polar surface area (TPSA) is 141 Å². The molecule has 1 aromatic heterocycles. The molecule has 11 nitrogen and oxygen atoms in total. The number of para-hydroxylation sites is 1. The van der Waals surface area contributed by atoms with Crippen LogP contribution in [0, 0.1) is 23.7 Å². The lowest BCUT2D eigenvalue weighted by Gasteiger charge is -2.50. The molecule has 0 unspecified atom stereocenters. The molecule has 5 aromatic rings. The Morgan fingerprint density at radius 1 is 0.839 bits per heavy atom. The Kier molecular flexibility index (Phi) is 10.2. The molecule has 3 heterocycles. The molecule has 62 heavy (non-hydrogen) atoms. The molecular formula is C45H33Cl3F3N5O6. The smallest absolute Gasteiger partial charge is 0.417 e. The van der Waals surface area contributed by atoms with E-state index in [-0.39, 0.29) is 29.4 Å². The van der Waals surface area contributed by atoms with Crippen molar-refractivity contribution in [2.24, 2.45) is 23.7 Å². The van der Waals surface area contributed by atoms with Crippen molar-refractivity contribution in [3.8, 4) is 11.5 Å². The summed E-state index contributed by atoms with van der Waals surface area (Å²) in [5.74, 6) is -8.23. The highest BCUT2D eigenvalue weighted by Crippen LogP contribution is 2.65. The predicted octanol–water partition coefficient (Wildman–Crippen LogP) is 9.71. The highest BCUT2D eigenvalue weighted by atomic mass is 35.5. The molecule has 2 saturated heterocycles. The van der Waals surface area contributed by atoms with Gasteiger partial charge in [-0.05, 0) is 96.6 Å². The first-order valence-corrected chi connectivity index (χ1v) is 20.5. The number of nitrogens with one attached hydrogen (secondary N) is 2. The highest BCUT2D eigenvalue weighted by molar-refractivity contribution is 6.33. The Hall–Kier alpha value is -6.09. The maximum atomic E-state index is 15.5. The molecule has 6 atom stereocenters. The van der Waals surface area contributed by atoms with E-state index in [1.165, 1.54) is 24.1 Å². The van der Waals surface area contributed by atoms with Gasteiger partial charge in [0.15, 0.2) is 17.3 Å². The number of phenolic OH excluding ortho intramolecular Hbond substituents is 1. The first-order chi connectivity index (χ1) is 29.6. The molecule has 2 aliphatic heterocycles. The lowest BCUT2D eigenvalue weighted by atomic mass is 9.49. The molecular weight excluding hydrogens is 870 g/mol. The molecule has 0 bridgehead atoms. The van der Waals surface area contributed by atoms with Gasteiger partial charge >= 0.3 is 6.18 Å². The lowest BCUT2D eigenvalue weighted by molar-refractivity contribution is -0.139. The van der Waals surface area contributed by atoms with Gasteiger partial charge in [0.05, 0.1) is 51.6 Å². The number of amides is 4. The summed E-state index contributed by atoms with van der Waals surface area (Å²) in [5, 5.41) is 14.5. The van der Waals surface area contributed by atoms with Crippen LogP contribution in [0.3, 0.4) is 0 Å². The summed E-state index contributed by atoms with van der Waals surface area (Å²) in [6, 6.07) is 26.2.